The van der Waals surface area contributed by atoms with Crippen LogP contribution in [0.5, 0.6) is 0 Å². The SMILES string of the molecule is CC#CCCO[C]=O. The molecule has 0 bridgehead atoms. The van der Waals surface area contributed by atoms with E-state index in [4.69, 9.17) is 0 Å². The molecule has 8 heavy (non-hydrogen) atoms. The maximum atomic E-state index is 9.37. The van der Waals surface area contributed by atoms with Crippen molar-refractivity contribution in [1.82, 2.24) is 0 Å². The summed E-state index contributed by atoms with van der Waals surface area (Å²) in [7, 11) is 0. The summed E-state index contributed by atoms with van der Waals surface area (Å²) in [6, 6.07) is 0. The Morgan fingerprint density at radius 3 is 2.88 bits per heavy atom. The van der Waals surface area contributed by atoms with Gasteiger partial charge in [0.2, 0.25) is 0 Å². The fourth-order valence-corrected chi connectivity index (χ4v) is 0.269. The van der Waals surface area contributed by atoms with E-state index in [2.05, 4.69) is 16.6 Å². The van der Waals surface area contributed by atoms with E-state index in [1.165, 1.54) is 6.47 Å². The fourth-order valence-electron chi connectivity index (χ4n) is 0.269. The molecule has 0 fully saturated rings. The Kier molecular flexibility index (Phi) is 5.30. The largest absolute Gasteiger partial charge is 0.456 e. The van der Waals surface area contributed by atoms with E-state index in [0.29, 0.717) is 13.0 Å². The summed E-state index contributed by atoms with van der Waals surface area (Å²) in [5.74, 6) is 5.40. The van der Waals surface area contributed by atoms with Gasteiger partial charge in [-0.1, -0.05) is 0 Å². The van der Waals surface area contributed by atoms with Gasteiger partial charge in [-0.2, -0.15) is 0 Å². The number of hydrogen-bond acceptors (Lipinski definition) is 2. The van der Waals surface area contributed by atoms with E-state index in [1.54, 1.807) is 6.92 Å². The highest BCUT2D eigenvalue weighted by Crippen LogP contribution is 1.74. The molecule has 0 rings (SSSR count). The predicted octanol–water partition coefficient (Wildman–Crippen LogP) is 0.484. The van der Waals surface area contributed by atoms with Gasteiger partial charge in [-0.25, -0.2) is 4.79 Å². The summed E-state index contributed by atoms with van der Waals surface area (Å²) < 4.78 is 4.23. The molecule has 0 amide bonds. The zero-order valence-corrected chi connectivity index (χ0v) is 4.73. The molecule has 0 saturated carbocycles. The molecule has 1 radical (unpaired) electrons. The molecule has 43 valence electrons. The molecule has 0 N–H and O–H groups in total. The van der Waals surface area contributed by atoms with Crippen LogP contribution >= 0.6 is 0 Å². The molecule has 2 nitrogen and oxygen atoms in total. The van der Waals surface area contributed by atoms with Crippen molar-refractivity contribution in [1.29, 1.82) is 0 Å². The average molecular weight is 111 g/mol. The first-order valence-electron chi connectivity index (χ1n) is 2.30. The lowest BCUT2D eigenvalue weighted by Crippen LogP contribution is -1.87. The molecule has 0 unspecified atom stereocenters. The predicted molar refractivity (Wildman–Crippen MR) is 29.7 cm³/mol. The van der Waals surface area contributed by atoms with Crippen molar-refractivity contribution in [3.63, 3.8) is 0 Å². The normalized spacial score (nSPS) is 6.62. The second kappa shape index (κ2) is 6.03. The van der Waals surface area contributed by atoms with Crippen LogP contribution in [0.2, 0.25) is 0 Å². The molecule has 0 atom stereocenters. The van der Waals surface area contributed by atoms with E-state index in [-0.39, 0.29) is 0 Å². The fraction of sp³-hybridized carbons (Fsp3) is 0.500. The number of carbonyl (C=O) groups excluding carboxylic acids is 1. The first-order chi connectivity index (χ1) is 3.91. The first kappa shape index (κ1) is 7.03. The minimum Gasteiger partial charge on any atom is -0.456 e. The van der Waals surface area contributed by atoms with Crippen LogP contribution in [0.1, 0.15) is 13.3 Å². The van der Waals surface area contributed by atoms with Gasteiger partial charge in [0.25, 0.3) is 0 Å². The highest BCUT2D eigenvalue weighted by atomic mass is 16.5. The second-order valence-corrected chi connectivity index (χ2v) is 1.11. The first-order valence-corrected chi connectivity index (χ1v) is 2.30. The van der Waals surface area contributed by atoms with Gasteiger partial charge in [0.1, 0.15) is 6.61 Å². The van der Waals surface area contributed by atoms with Crippen molar-refractivity contribution in [2.45, 2.75) is 13.3 Å². The Labute approximate surface area is 48.8 Å². The summed E-state index contributed by atoms with van der Waals surface area (Å²) in [6.07, 6.45) is 0.603. The molecule has 0 heterocycles. The smallest absolute Gasteiger partial charge is 0.417 e. The zero-order chi connectivity index (χ0) is 6.24. The lowest BCUT2D eigenvalue weighted by atomic mass is 10.4. The van der Waals surface area contributed by atoms with Crippen LogP contribution in [-0.4, -0.2) is 13.1 Å². The molecule has 0 aromatic rings. The monoisotopic (exact) mass is 111 g/mol. The van der Waals surface area contributed by atoms with Crippen molar-refractivity contribution >= 4 is 6.47 Å². The molecular formula is C6H7O2. The molecule has 0 saturated heterocycles. The summed E-state index contributed by atoms with van der Waals surface area (Å²) in [6.45, 7) is 3.40. The van der Waals surface area contributed by atoms with E-state index in [9.17, 15) is 4.79 Å². The van der Waals surface area contributed by atoms with Crippen LogP contribution in [0, 0.1) is 11.8 Å². The van der Waals surface area contributed by atoms with Gasteiger partial charge in [0.15, 0.2) is 0 Å². The van der Waals surface area contributed by atoms with Crippen LogP contribution in [0.3, 0.4) is 0 Å². The van der Waals surface area contributed by atoms with Gasteiger partial charge >= 0.3 is 6.47 Å². The highest BCUT2D eigenvalue weighted by molar-refractivity contribution is 5.38. The van der Waals surface area contributed by atoms with Gasteiger partial charge in [-0.05, 0) is 6.92 Å². The van der Waals surface area contributed by atoms with E-state index < -0.39 is 0 Å². The number of rotatable bonds is 3. The Morgan fingerprint density at radius 2 is 2.38 bits per heavy atom. The van der Waals surface area contributed by atoms with Crippen LogP contribution in [-0.2, 0) is 9.53 Å². The zero-order valence-electron chi connectivity index (χ0n) is 4.73. The van der Waals surface area contributed by atoms with E-state index in [1.807, 2.05) is 0 Å². The summed E-state index contributed by atoms with van der Waals surface area (Å²) in [5, 5.41) is 0. The minimum absolute atomic E-state index is 0.352. The molecule has 0 spiro atoms. The lowest BCUT2D eigenvalue weighted by molar-refractivity contribution is 0.286. The van der Waals surface area contributed by atoms with E-state index >= 15 is 0 Å². The van der Waals surface area contributed by atoms with Gasteiger partial charge in [0, 0.05) is 6.42 Å². The van der Waals surface area contributed by atoms with E-state index in [0.717, 1.165) is 0 Å². The molecular weight excluding hydrogens is 104 g/mol. The van der Waals surface area contributed by atoms with Crippen LogP contribution in [0.25, 0.3) is 0 Å². The Bertz CT molecular complexity index is 107. The summed E-state index contributed by atoms with van der Waals surface area (Å²) >= 11 is 0. The van der Waals surface area contributed by atoms with Gasteiger partial charge in [-0.15, -0.1) is 11.8 Å². The topological polar surface area (TPSA) is 26.3 Å². The lowest BCUT2D eigenvalue weighted by Gasteiger charge is -1.85. The summed E-state index contributed by atoms with van der Waals surface area (Å²) in [5.41, 5.74) is 0. The average Bonchev–Trinajstić information content (AvgIpc) is 1.81. The maximum Gasteiger partial charge on any atom is 0.417 e. The van der Waals surface area contributed by atoms with Crippen LogP contribution in [0.4, 0.5) is 0 Å². The minimum atomic E-state index is 0.352. The molecule has 0 aliphatic heterocycles. The van der Waals surface area contributed by atoms with Crippen molar-refractivity contribution in [3.8, 4) is 11.8 Å². The number of hydrogen-bond donors (Lipinski definition) is 0. The molecule has 0 aromatic heterocycles. The van der Waals surface area contributed by atoms with Crippen molar-refractivity contribution < 1.29 is 9.53 Å². The van der Waals surface area contributed by atoms with Gasteiger partial charge in [-0.3, -0.25) is 0 Å². The third-order valence-corrected chi connectivity index (χ3v) is 0.565. The quantitative estimate of drug-likeness (QED) is 0.391. The standard InChI is InChI=1S/C6H7O2/c1-2-3-4-5-8-6-7/h4-5H2,1H3. The Balaban J connectivity index is 2.89. The highest BCUT2D eigenvalue weighted by Gasteiger charge is 1.77. The second-order valence-electron chi connectivity index (χ2n) is 1.11. The maximum absolute atomic E-state index is 9.37. The van der Waals surface area contributed by atoms with Crippen molar-refractivity contribution in [2.24, 2.45) is 0 Å². The molecule has 0 aliphatic rings. The van der Waals surface area contributed by atoms with Gasteiger partial charge in [0.05, 0.1) is 0 Å². The Hall–Kier alpha value is -0.970. The Morgan fingerprint density at radius 1 is 1.62 bits per heavy atom. The molecule has 2 heteroatoms. The molecule has 0 aromatic carbocycles. The number of ether oxygens (including phenoxy) is 1. The third kappa shape index (κ3) is 5.03. The van der Waals surface area contributed by atoms with Crippen molar-refractivity contribution in [2.75, 3.05) is 6.61 Å². The van der Waals surface area contributed by atoms with Crippen LogP contribution in [0.15, 0.2) is 0 Å². The van der Waals surface area contributed by atoms with Gasteiger partial charge < -0.3 is 4.74 Å². The third-order valence-electron chi connectivity index (χ3n) is 0.565. The molecule has 0 aliphatic carbocycles. The van der Waals surface area contributed by atoms with Crippen molar-refractivity contribution in [3.05, 3.63) is 0 Å². The van der Waals surface area contributed by atoms with Crippen LogP contribution < -0.4 is 0 Å². The summed E-state index contributed by atoms with van der Waals surface area (Å²) in [4.78, 5) is 9.37.